The van der Waals surface area contributed by atoms with Crippen LogP contribution in [0.2, 0.25) is 0 Å². The van der Waals surface area contributed by atoms with Gasteiger partial charge in [-0.25, -0.2) is 4.79 Å². The zero-order valence-electron chi connectivity index (χ0n) is 11.7. The number of hydrogen-bond donors (Lipinski definition) is 0. The van der Waals surface area contributed by atoms with Crippen LogP contribution in [0, 0.1) is 13.8 Å². The second-order valence-corrected chi connectivity index (χ2v) is 5.50. The maximum absolute atomic E-state index is 12.1. The summed E-state index contributed by atoms with van der Waals surface area (Å²) in [5.74, 6) is -0.973. The first-order valence-electron chi connectivity index (χ1n) is 6.79. The Hall–Kier alpha value is -2.68. The average Bonchev–Trinajstić information content (AvgIpc) is 2.75. The van der Waals surface area contributed by atoms with Crippen LogP contribution in [0.4, 0.5) is 0 Å². The lowest BCUT2D eigenvalue weighted by atomic mass is 9.92. The van der Waals surface area contributed by atoms with Gasteiger partial charge in [0.05, 0.1) is 5.56 Å². The molecule has 0 atom stereocenters. The fourth-order valence-electron chi connectivity index (χ4n) is 3.11. The number of aryl methyl sites for hydroxylation is 2. The number of ketones is 1. The zero-order chi connectivity index (χ0) is 14.7. The molecule has 1 aliphatic heterocycles. The molecule has 102 valence electrons. The van der Waals surface area contributed by atoms with Crippen molar-refractivity contribution in [1.29, 1.82) is 0 Å². The Morgan fingerprint density at radius 1 is 0.905 bits per heavy atom. The number of rotatable bonds is 0. The van der Waals surface area contributed by atoms with Crippen molar-refractivity contribution in [3.05, 3.63) is 53.1 Å². The zero-order valence-corrected chi connectivity index (χ0v) is 11.7. The Morgan fingerprint density at radius 2 is 1.71 bits per heavy atom. The third kappa shape index (κ3) is 1.54. The molecule has 0 fully saturated rings. The average molecular weight is 276 g/mol. The molecule has 0 N–H and O–H groups in total. The summed E-state index contributed by atoms with van der Waals surface area (Å²) < 4.78 is 5.03. The predicted octanol–water partition coefficient (Wildman–Crippen LogP) is 3.71. The quantitative estimate of drug-likeness (QED) is 0.272. The van der Waals surface area contributed by atoms with Crippen LogP contribution in [0.5, 0.6) is 5.75 Å². The Labute approximate surface area is 121 Å². The molecule has 0 saturated heterocycles. The van der Waals surface area contributed by atoms with Gasteiger partial charge in [-0.3, -0.25) is 4.79 Å². The molecule has 0 aromatic heterocycles. The van der Waals surface area contributed by atoms with Crippen molar-refractivity contribution in [3.8, 4) is 5.75 Å². The molecule has 4 rings (SSSR count). The van der Waals surface area contributed by atoms with Crippen LogP contribution >= 0.6 is 0 Å². The standard InChI is InChI=1S/C18H12O3/c1-9-3-4-11-8-10(2)15-12(13(11)7-9)5-6-14-16(15)17(19)18(20)21-14/h3-8H,1-2H3. The summed E-state index contributed by atoms with van der Waals surface area (Å²) in [4.78, 5) is 23.6. The highest BCUT2D eigenvalue weighted by atomic mass is 16.5. The number of Topliss-reactive ketones (excluding diaryl/α,β-unsaturated/α-hetero) is 1. The van der Waals surface area contributed by atoms with Crippen molar-refractivity contribution in [3.63, 3.8) is 0 Å². The summed E-state index contributed by atoms with van der Waals surface area (Å²) in [5, 5.41) is 4.02. The number of carbonyl (C=O) groups excluding carboxylic acids is 2. The van der Waals surface area contributed by atoms with Gasteiger partial charge in [-0.2, -0.15) is 0 Å². The van der Waals surface area contributed by atoms with E-state index in [1.807, 2.05) is 26.0 Å². The maximum atomic E-state index is 12.1. The molecule has 0 saturated carbocycles. The van der Waals surface area contributed by atoms with E-state index in [4.69, 9.17) is 4.74 Å². The normalized spacial score (nSPS) is 13.8. The van der Waals surface area contributed by atoms with E-state index < -0.39 is 11.8 Å². The van der Waals surface area contributed by atoms with Gasteiger partial charge >= 0.3 is 5.97 Å². The number of carbonyl (C=O) groups is 2. The molecule has 0 bridgehead atoms. The first kappa shape index (κ1) is 12.1. The smallest absolute Gasteiger partial charge is 0.385 e. The third-order valence-electron chi connectivity index (χ3n) is 4.05. The Bertz CT molecular complexity index is 967. The highest BCUT2D eigenvalue weighted by Gasteiger charge is 2.33. The second-order valence-electron chi connectivity index (χ2n) is 5.50. The van der Waals surface area contributed by atoms with Crippen LogP contribution in [0.3, 0.4) is 0 Å². The minimum Gasteiger partial charge on any atom is -0.420 e. The summed E-state index contributed by atoms with van der Waals surface area (Å²) in [7, 11) is 0. The van der Waals surface area contributed by atoms with E-state index in [0.29, 0.717) is 11.3 Å². The fourth-order valence-corrected chi connectivity index (χ4v) is 3.11. The van der Waals surface area contributed by atoms with Crippen LogP contribution in [-0.4, -0.2) is 11.8 Å². The summed E-state index contributed by atoms with van der Waals surface area (Å²) in [6.45, 7) is 3.99. The van der Waals surface area contributed by atoms with Gasteiger partial charge in [0, 0.05) is 5.39 Å². The molecule has 1 heterocycles. The number of ether oxygens (including phenoxy) is 1. The van der Waals surface area contributed by atoms with Crippen molar-refractivity contribution in [1.82, 2.24) is 0 Å². The van der Waals surface area contributed by atoms with Crippen molar-refractivity contribution in [2.24, 2.45) is 0 Å². The molecule has 21 heavy (non-hydrogen) atoms. The molecule has 3 nitrogen and oxygen atoms in total. The summed E-state index contributed by atoms with van der Waals surface area (Å²) in [5.41, 5.74) is 2.54. The van der Waals surface area contributed by atoms with E-state index in [0.717, 1.165) is 32.7 Å². The van der Waals surface area contributed by atoms with E-state index in [1.54, 1.807) is 6.07 Å². The van der Waals surface area contributed by atoms with Crippen LogP contribution in [0.15, 0.2) is 36.4 Å². The van der Waals surface area contributed by atoms with Crippen molar-refractivity contribution in [2.75, 3.05) is 0 Å². The molecule has 0 unspecified atom stereocenters. The lowest BCUT2D eigenvalue weighted by Crippen LogP contribution is -2.10. The molecule has 0 radical (unpaired) electrons. The third-order valence-corrected chi connectivity index (χ3v) is 4.05. The van der Waals surface area contributed by atoms with Gasteiger partial charge in [0.2, 0.25) is 0 Å². The number of benzene rings is 3. The van der Waals surface area contributed by atoms with Crippen LogP contribution in [0.1, 0.15) is 21.5 Å². The maximum Gasteiger partial charge on any atom is 0.385 e. The van der Waals surface area contributed by atoms with Crippen LogP contribution in [-0.2, 0) is 4.79 Å². The van der Waals surface area contributed by atoms with Gasteiger partial charge in [-0.1, -0.05) is 29.8 Å². The summed E-state index contributed by atoms with van der Waals surface area (Å²) in [6.07, 6.45) is 0. The molecule has 0 aliphatic carbocycles. The van der Waals surface area contributed by atoms with E-state index in [9.17, 15) is 9.59 Å². The van der Waals surface area contributed by atoms with Crippen molar-refractivity contribution >= 4 is 33.3 Å². The van der Waals surface area contributed by atoms with Gasteiger partial charge in [0.1, 0.15) is 5.75 Å². The lowest BCUT2D eigenvalue weighted by molar-refractivity contribution is -0.128. The molecule has 3 aromatic carbocycles. The Balaban J connectivity index is 2.25. The SMILES string of the molecule is Cc1ccc2cc(C)c3c4c(ccc3c2c1)OC(=O)C4=O. The number of esters is 1. The molecule has 3 heteroatoms. The van der Waals surface area contributed by atoms with Crippen molar-refractivity contribution < 1.29 is 14.3 Å². The van der Waals surface area contributed by atoms with Gasteiger partial charge in [-0.15, -0.1) is 0 Å². The second kappa shape index (κ2) is 3.92. The monoisotopic (exact) mass is 276 g/mol. The minimum atomic E-state index is -0.791. The molecule has 1 aliphatic rings. The fraction of sp³-hybridized carbons (Fsp3) is 0.111. The van der Waals surface area contributed by atoms with Gasteiger partial charge in [0.25, 0.3) is 5.78 Å². The minimum absolute atomic E-state index is 0.368. The van der Waals surface area contributed by atoms with E-state index in [-0.39, 0.29) is 0 Å². The van der Waals surface area contributed by atoms with Crippen LogP contribution in [0.25, 0.3) is 21.5 Å². The van der Waals surface area contributed by atoms with Gasteiger partial charge in [0.15, 0.2) is 0 Å². The molecule has 3 aromatic rings. The summed E-state index contributed by atoms with van der Waals surface area (Å²) in [6, 6.07) is 11.9. The first-order chi connectivity index (χ1) is 10.1. The van der Waals surface area contributed by atoms with E-state index in [1.165, 1.54) is 0 Å². The van der Waals surface area contributed by atoms with Gasteiger partial charge < -0.3 is 4.74 Å². The van der Waals surface area contributed by atoms with Crippen molar-refractivity contribution in [2.45, 2.75) is 13.8 Å². The molecular formula is C18H12O3. The number of fused-ring (bicyclic) bond motifs is 5. The molecule has 0 spiro atoms. The largest absolute Gasteiger partial charge is 0.420 e. The van der Waals surface area contributed by atoms with Gasteiger partial charge in [-0.05, 0) is 47.7 Å². The van der Waals surface area contributed by atoms with Crippen LogP contribution < -0.4 is 4.74 Å². The van der Waals surface area contributed by atoms with E-state index in [2.05, 4.69) is 18.2 Å². The Morgan fingerprint density at radius 3 is 2.52 bits per heavy atom. The lowest BCUT2D eigenvalue weighted by Gasteiger charge is -2.10. The highest BCUT2D eigenvalue weighted by Crippen LogP contribution is 2.38. The molecular weight excluding hydrogens is 264 g/mol. The summed E-state index contributed by atoms with van der Waals surface area (Å²) >= 11 is 0. The topological polar surface area (TPSA) is 43.4 Å². The highest BCUT2D eigenvalue weighted by molar-refractivity contribution is 6.47. The predicted molar refractivity (Wildman–Crippen MR) is 80.9 cm³/mol. The molecule has 0 amide bonds. The Kier molecular flexibility index (Phi) is 2.25. The van der Waals surface area contributed by atoms with E-state index >= 15 is 0 Å². The first-order valence-corrected chi connectivity index (χ1v) is 6.79. The number of hydrogen-bond acceptors (Lipinski definition) is 3.